The van der Waals surface area contributed by atoms with Gasteiger partial charge in [-0.1, -0.05) is 6.07 Å². The summed E-state index contributed by atoms with van der Waals surface area (Å²) in [6.45, 7) is 8.23. The molecule has 2 N–H and O–H groups in total. The van der Waals surface area contributed by atoms with Crippen LogP contribution in [0.3, 0.4) is 0 Å². The summed E-state index contributed by atoms with van der Waals surface area (Å²) in [7, 11) is -3.37. The number of hydrogen-bond acceptors (Lipinski definition) is 6. The molecule has 138 valence electrons. The number of benzene rings is 1. The summed E-state index contributed by atoms with van der Waals surface area (Å²) in [4.78, 5) is 2.28. The van der Waals surface area contributed by atoms with Crippen molar-refractivity contribution in [2.75, 3.05) is 43.4 Å². The van der Waals surface area contributed by atoms with Crippen LogP contribution in [-0.2, 0) is 9.15 Å². The fourth-order valence-electron chi connectivity index (χ4n) is 2.24. The molecule has 0 aliphatic carbocycles. The van der Waals surface area contributed by atoms with Crippen molar-refractivity contribution in [1.29, 1.82) is 0 Å². The van der Waals surface area contributed by atoms with Crippen LogP contribution in [0.5, 0.6) is 5.75 Å². The maximum Gasteiger partial charge on any atom is 0.319 e. The molecule has 0 aromatic heterocycles. The fraction of sp³-hybridized carbons (Fsp3) is 0.625. The Kier molecular flexibility index (Phi) is 10.2. The van der Waals surface area contributed by atoms with Crippen LogP contribution in [0.4, 0.5) is 5.69 Å². The van der Waals surface area contributed by atoms with Crippen molar-refractivity contribution in [3.8, 4) is 5.75 Å². The van der Waals surface area contributed by atoms with Gasteiger partial charge in [-0.25, -0.2) is 0 Å². The van der Waals surface area contributed by atoms with Crippen LogP contribution in [0.2, 0.25) is 0 Å². The lowest BCUT2D eigenvalue weighted by atomic mass is 10.2. The Balaban J connectivity index is 2.14. The zero-order valence-corrected chi connectivity index (χ0v) is 16.0. The maximum absolute atomic E-state index is 10.5. The molecule has 0 atom stereocenters. The molecule has 0 heterocycles. The van der Waals surface area contributed by atoms with Gasteiger partial charge < -0.3 is 15.0 Å². The molecule has 1 rings (SSSR count). The second kappa shape index (κ2) is 11.6. The van der Waals surface area contributed by atoms with Crippen LogP contribution < -0.4 is 15.0 Å². The van der Waals surface area contributed by atoms with Crippen LogP contribution in [0.15, 0.2) is 24.3 Å². The minimum Gasteiger partial charge on any atom is -0.494 e. The van der Waals surface area contributed by atoms with Crippen LogP contribution in [0, 0.1) is 0 Å². The van der Waals surface area contributed by atoms with E-state index in [0.29, 0.717) is 29.7 Å². The maximum atomic E-state index is 10.5. The minimum absolute atomic E-state index is 0.341. The topological polar surface area (TPSA) is 78.9 Å². The number of nitrogens with one attached hydrogen (secondary N) is 1. The minimum atomic E-state index is -3.92. The van der Waals surface area contributed by atoms with Gasteiger partial charge in [-0.3, -0.25) is 4.55 Å². The molecule has 0 bridgehead atoms. The van der Waals surface area contributed by atoms with Crippen molar-refractivity contribution in [2.24, 2.45) is 0 Å². The molecule has 0 aliphatic rings. The number of anilines is 1. The van der Waals surface area contributed by atoms with E-state index >= 15 is 0 Å². The van der Waals surface area contributed by atoms with Gasteiger partial charge in [0.05, 0.1) is 6.61 Å². The molecule has 0 unspecified atom stereocenters. The Bertz CT molecular complexity index is 563. The van der Waals surface area contributed by atoms with Crippen molar-refractivity contribution >= 4 is 25.6 Å². The predicted molar refractivity (Wildman–Crippen MR) is 102 cm³/mol. The Morgan fingerprint density at radius 2 is 1.96 bits per heavy atom. The van der Waals surface area contributed by atoms with E-state index in [4.69, 9.17) is 9.29 Å². The molecule has 24 heavy (non-hydrogen) atoms. The van der Waals surface area contributed by atoms with E-state index < -0.39 is 9.15 Å². The van der Waals surface area contributed by atoms with E-state index in [1.165, 1.54) is 5.69 Å². The summed E-state index contributed by atoms with van der Waals surface area (Å²) in [5, 5.41) is 3.14. The van der Waals surface area contributed by atoms with E-state index in [0.717, 1.165) is 38.2 Å². The summed E-state index contributed by atoms with van der Waals surface area (Å²) in [5.74, 6) is 1.23. The number of unbranched alkanes of at least 4 members (excludes halogenated alkanes) is 1. The van der Waals surface area contributed by atoms with Gasteiger partial charge in [0.2, 0.25) is 0 Å². The van der Waals surface area contributed by atoms with Gasteiger partial charge >= 0.3 is 9.15 Å². The van der Waals surface area contributed by atoms with Crippen molar-refractivity contribution in [1.82, 2.24) is 5.32 Å². The molecule has 0 saturated carbocycles. The molecule has 0 aliphatic heterocycles. The smallest absolute Gasteiger partial charge is 0.319 e. The largest absolute Gasteiger partial charge is 0.494 e. The summed E-state index contributed by atoms with van der Waals surface area (Å²) < 4.78 is 35.4. The lowest BCUT2D eigenvalue weighted by Gasteiger charge is -2.21. The molecule has 0 amide bonds. The van der Waals surface area contributed by atoms with E-state index in [1.807, 2.05) is 12.1 Å². The van der Waals surface area contributed by atoms with E-state index in [9.17, 15) is 8.42 Å². The van der Waals surface area contributed by atoms with Gasteiger partial charge in [0.15, 0.2) is 0 Å². The van der Waals surface area contributed by atoms with Crippen LogP contribution >= 0.6 is 10.8 Å². The highest BCUT2D eigenvalue weighted by Gasteiger charge is 2.04. The monoisotopic (exact) mass is 376 g/mol. The van der Waals surface area contributed by atoms with Gasteiger partial charge in [0.25, 0.3) is 0 Å². The zero-order chi connectivity index (χ0) is 17.8. The van der Waals surface area contributed by atoms with Crippen LogP contribution in [0.25, 0.3) is 0 Å². The number of hydrogen-bond donors (Lipinski definition) is 2. The van der Waals surface area contributed by atoms with Crippen molar-refractivity contribution in [3.63, 3.8) is 0 Å². The first-order valence-electron chi connectivity index (χ1n) is 8.26. The van der Waals surface area contributed by atoms with Gasteiger partial charge in [0.1, 0.15) is 5.75 Å². The first-order valence-corrected chi connectivity index (χ1v) is 11.2. The Hall–Kier alpha value is -0.960. The predicted octanol–water partition coefficient (Wildman–Crippen LogP) is 2.82. The molecule has 0 saturated heterocycles. The molecule has 0 spiro atoms. The highest BCUT2D eigenvalue weighted by molar-refractivity contribution is 8.69. The lowest BCUT2D eigenvalue weighted by Crippen LogP contribution is -2.21. The first kappa shape index (κ1) is 21.1. The summed E-state index contributed by atoms with van der Waals surface area (Å²) >= 11 is 0. The van der Waals surface area contributed by atoms with Crippen LogP contribution in [-0.4, -0.2) is 51.5 Å². The third-order valence-electron chi connectivity index (χ3n) is 3.47. The zero-order valence-electron chi connectivity index (χ0n) is 14.4. The SMILES string of the molecule is CCN(CC)c1cccc(OCCCCNCCSS(=O)(=O)O)c1. The van der Waals surface area contributed by atoms with Crippen LogP contribution in [0.1, 0.15) is 26.7 Å². The Labute approximate surface area is 149 Å². The molecule has 6 nitrogen and oxygen atoms in total. The fourth-order valence-corrected chi connectivity index (χ4v) is 3.57. The van der Waals surface area contributed by atoms with Gasteiger partial charge in [0, 0.05) is 37.1 Å². The Morgan fingerprint density at radius 1 is 1.21 bits per heavy atom. The number of ether oxygens (including phenoxy) is 1. The van der Waals surface area contributed by atoms with E-state index in [1.54, 1.807) is 0 Å². The molecule has 0 fully saturated rings. The second-order valence-electron chi connectivity index (χ2n) is 5.22. The highest BCUT2D eigenvalue weighted by atomic mass is 33.1. The molecule has 0 radical (unpaired) electrons. The van der Waals surface area contributed by atoms with Gasteiger partial charge in [-0.15, -0.1) is 0 Å². The Morgan fingerprint density at radius 3 is 2.62 bits per heavy atom. The second-order valence-corrected chi connectivity index (χ2v) is 8.70. The quantitative estimate of drug-likeness (QED) is 0.311. The molecular weight excluding hydrogens is 348 g/mol. The molecule has 8 heteroatoms. The van der Waals surface area contributed by atoms with Gasteiger partial charge in [-0.2, -0.15) is 8.42 Å². The number of rotatable bonds is 13. The third-order valence-corrected chi connectivity index (χ3v) is 5.54. The number of nitrogens with zero attached hydrogens (tertiary/aromatic N) is 1. The van der Waals surface area contributed by atoms with Gasteiger partial charge in [-0.05, 0) is 56.2 Å². The first-order chi connectivity index (χ1) is 11.5. The average Bonchev–Trinajstić information content (AvgIpc) is 2.54. The van der Waals surface area contributed by atoms with Crippen molar-refractivity contribution in [3.05, 3.63) is 24.3 Å². The van der Waals surface area contributed by atoms with Crippen molar-refractivity contribution < 1.29 is 17.7 Å². The van der Waals surface area contributed by atoms with E-state index in [2.05, 4.69) is 36.2 Å². The normalized spacial score (nSPS) is 11.5. The molecule has 1 aromatic rings. The summed E-state index contributed by atoms with van der Waals surface area (Å²) in [5.41, 5.74) is 1.18. The summed E-state index contributed by atoms with van der Waals surface area (Å²) in [6, 6.07) is 8.14. The lowest BCUT2D eigenvalue weighted by molar-refractivity contribution is 0.306. The summed E-state index contributed by atoms with van der Waals surface area (Å²) in [6.07, 6.45) is 1.88. The molecular formula is C16H28N2O4S2. The third kappa shape index (κ3) is 9.36. The standard InChI is InChI=1S/C16H28N2O4S2/c1-3-18(4-2)15-8-7-9-16(14-15)22-12-6-5-10-17-11-13-23-24(19,20)21/h7-9,14,17H,3-6,10-13H2,1-2H3,(H,19,20,21). The highest BCUT2D eigenvalue weighted by Crippen LogP contribution is 2.21. The molecule has 1 aromatic carbocycles. The van der Waals surface area contributed by atoms with Crippen molar-refractivity contribution in [2.45, 2.75) is 26.7 Å². The average molecular weight is 377 g/mol. The van der Waals surface area contributed by atoms with E-state index in [-0.39, 0.29) is 0 Å².